The molecular weight excluding hydrogens is 285 g/mol. The molecule has 22 heavy (non-hydrogen) atoms. The maximum Gasteiger partial charge on any atom is 0.307 e. The highest BCUT2D eigenvalue weighted by atomic mass is 19.1. The number of carboxylic acids is 1. The number of hydrogen-bond acceptors (Lipinski definition) is 2. The first-order valence-corrected chi connectivity index (χ1v) is 7.56. The first-order chi connectivity index (χ1) is 10.5. The van der Waals surface area contributed by atoms with Crippen LogP contribution < -0.4 is 4.74 Å². The molecule has 0 radical (unpaired) electrons. The van der Waals surface area contributed by atoms with Gasteiger partial charge in [-0.15, -0.1) is 0 Å². The predicted molar refractivity (Wildman–Crippen MR) is 84.0 cm³/mol. The van der Waals surface area contributed by atoms with E-state index in [9.17, 15) is 9.18 Å². The second kappa shape index (κ2) is 6.81. The summed E-state index contributed by atoms with van der Waals surface area (Å²) in [6, 6.07) is 3.05. The molecule has 5 heteroatoms. The van der Waals surface area contributed by atoms with E-state index in [0.717, 1.165) is 48.0 Å². The van der Waals surface area contributed by atoms with E-state index in [4.69, 9.17) is 9.84 Å². The molecule has 0 bridgehead atoms. The summed E-state index contributed by atoms with van der Waals surface area (Å²) in [5.74, 6) is -1.17. The average Bonchev–Trinajstić information content (AvgIpc) is 2.71. The average molecular weight is 307 g/mol. The number of aryl methyl sites for hydroxylation is 1. The highest BCUT2D eigenvalue weighted by molar-refractivity contribution is 5.90. The van der Waals surface area contributed by atoms with Gasteiger partial charge in [-0.05, 0) is 25.0 Å². The first-order valence-electron chi connectivity index (χ1n) is 7.56. The van der Waals surface area contributed by atoms with Crippen molar-refractivity contribution in [2.75, 3.05) is 7.11 Å². The Labute approximate surface area is 129 Å². The van der Waals surface area contributed by atoms with E-state index in [0.29, 0.717) is 0 Å². The lowest BCUT2D eigenvalue weighted by Gasteiger charge is -2.09. The molecule has 0 unspecified atom stereocenters. The standard InChI is InChI=1S/C17H22FNO3/c1-4-5-6-7-19-11(2)12(9-17(20)21)13-8-16(22-3)14(18)10-15(13)19/h8,10H,4-7,9H2,1-3H3,(H,20,21). The van der Waals surface area contributed by atoms with Crippen molar-refractivity contribution in [3.8, 4) is 5.75 Å². The van der Waals surface area contributed by atoms with Crippen LogP contribution in [-0.4, -0.2) is 22.8 Å². The predicted octanol–water partition coefficient (Wildman–Crippen LogP) is 3.91. The Bertz CT molecular complexity index is 691. The molecule has 0 fully saturated rings. The van der Waals surface area contributed by atoms with Gasteiger partial charge in [-0.1, -0.05) is 19.8 Å². The Morgan fingerprint density at radius 3 is 2.68 bits per heavy atom. The van der Waals surface area contributed by atoms with Gasteiger partial charge in [0.05, 0.1) is 19.0 Å². The zero-order chi connectivity index (χ0) is 16.3. The summed E-state index contributed by atoms with van der Waals surface area (Å²) in [6.07, 6.45) is 3.10. The van der Waals surface area contributed by atoms with Crippen molar-refractivity contribution in [2.45, 2.75) is 46.1 Å². The number of methoxy groups -OCH3 is 1. The molecule has 1 aromatic heterocycles. The second-order valence-corrected chi connectivity index (χ2v) is 5.50. The highest BCUT2D eigenvalue weighted by Crippen LogP contribution is 2.32. The number of aliphatic carboxylic acids is 1. The largest absolute Gasteiger partial charge is 0.494 e. The molecule has 1 aromatic carbocycles. The van der Waals surface area contributed by atoms with Gasteiger partial charge in [0, 0.05) is 23.7 Å². The zero-order valence-electron chi connectivity index (χ0n) is 13.3. The molecule has 120 valence electrons. The summed E-state index contributed by atoms with van der Waals surface area (Å²) in [5, 5.41) is 9.90. The summed E-state index contributed by atoms with van der Waals surface area (Å²) in [7, 11) is 1.41. The van der Waals surface area contributed by atoms with Crippen molar-refractivity contribution in [1.29, 1.82) is 0 Å². The van der Waals surface area contributed by atoms with Gasteiger partial charge >= 0.3 is 5.97 Å². The van der Waals surface area contributed by atoms with Crippen LogP contribution in [0.2, 0.25) is 0 Å². The summed E-state index contributed by atoms with van der Waals surface area (Å²) >= 11 is 0. The molecule has 1 heterocycles. The highest BCUT2D eigenvalue weighted by Gasteiger charge is 2.18. The number of halogens is 1. The number of nitrogens with zero attached hydrogens (tertiary/aromatic N) is 1. The van der Waals surface area contributed by atoms with E-state index in [1.54, 1.807) is 6.07 Å². The van der Waals surface area contributed by atoms with Crippen LogP contribution in [-0.2, 0) is 17.8 Å². The van der Waals surface area contributed by atoms with E-state index in [1.165, 1.54) is 13.2 Å². The molecule has 0 saturated carbocycles. The van der Waals surface area contributed by atoms with Gasteiger partial charge in [-0.3, -0.25) is 4.79 Å². The molecule has 0 atom stereocenters. The van der Waals surface area contributed by atoms with Crippen LogP contribution in [0, 0.1) is 12.7 Å². The molecule has 0 aliphatic carbocycles. The first kappa shape index (κ1) is 16.3. The van der Waals surface area contributed by atoms with Crippen LogP contribution in [0.15, 0.2) is 12.1 Å². The molecule has 4 nitrogen and oxygen atoms in total. The smallest absolute Gasteiger partial charge is 0.307 e. The number of ether oxygens (including phenoxy) is 1. The molecule has 0 spiro atoms. The Kier molecular flexibility index (Phi) is 5.06. The molecule has 2 aromatic rings. The number of rotatable bonds is 7. The van der Waals surface area contributed by atoms with Crippen molar-refractivity contribution >= 4 is 16.9 Å². The fourth-order valence-electron chi connectivity index (χ4n) is 2.89. The normalized spacial score (nSPS) is 11.1. The minimum Gasteiger partial charge on any atom is -0.494 e. The SMILES string of the molecule is CCCCCn1c(C)c(CC(=O)O)c2cc(OC)c(F)cc21. The summed E-state index contributed by atoms with van der Waals surface area (Å²) in [6.45, 7) is 4.79. The third kappa shape index (κ3) is 3.08. The third-order valence-electron chi connectivity index (χ3n) is 4.04. The van der Waals surface area contributed by atoms with Gasteiger partial charge in [-0.25, -0.2) is 4.39 Å². The van der Waals surface area contributed by atoms with Crippen LogP contribution in [0.4, 0.5) is 4.39 Å². The quantitative estimate of drug-likeness (QED) is 0.789. The molecule has 0 amide bonds. The van der Waals surface area contributed by atoms with E-state index < -0.39 is 11.8 Å². The minimum absolute atomic E-state index is 0.0715. The number of fused-ring (bicyclic) bond motifs is 1. The lowest BCUT2D eigenvalue weighted by Crippen LogP contribution is -2.04. The molecule has 0 saturated heterocycles. The van der Waals surface area contributed by atoms with E-state index in [-0.39, 0.29) is 12.2 Å². The van der Waals surface area contributed by atoms with Gasteiger partial charge in [0.2, 0.25) is 0 Å². The molecule has 0 aliphatic heterocycles. The van der Waals surface area contributed by atoms with Crippen molar-refractivity contribution in [3.05, 3.63) is 29.2 Å². The lowest BCUT2D eigenvalue weighted by atomic mass is 10.1. The van der Waals surface area contributed by atoms with Gasteiger partial charge in [0.1, 0.15) is 0 Å². The fourth-order valence-corrected chi connectivity index (χ4v) is 2.89. The zero-order valence-corrected chi connectivity index (χ0v) is 13.3. The third-order valence-corrected chi connectivity index (χ3v) is 4.04. The Hall–Kier alpha value is -2.04. The summed E-state index contributed by atoms with van der Waals surface area (Å²) in [4.78, 5) is 11.1. The van der Waals surface area contributed by atoms with E-state index >= 15 is 0 Å². The van der Waals surface area contributed by atoms with Crippen LogP contribution in [0.25, 0.3) is 10.9 Å². The number of carboxylic acid groups (broad SMARTS) is 1. The van der Waals surface area contributed by atoms with E-state index in [1.807, 2.05) is 11.5 Å². The van der Waals surface area contributed by atoms with Gasteiger partial charge in [0.25, 0.3) is 0 Å². The Morgan fingerprint density at radius 1 is 1.36 bits per heavy atom. The maximum atomic E-state index is 14.0. The molecule has 2 rings (SSSR count). The van der Waals surface area contributed by atoms with Crippen LogP contribution in [0.1, 0.15) is 37.4 Å². The van der Waals surface area contributed by atoms with Gasteiger partial charge in [-0.2, -0.15) is 0 Å². The lowest BCUT2D eigenvalue weighted by molar-refractivity contribution is -0.136. The van der Waals surface area contributed by atoms with Gasteiger partial charge in [0.15, 0.2) is 11.6 Å². The van der Waals surface area contributed by atoms with Crippen LogP contribution in [0.5, 0.6) is 5.75 Å². The Morgan fingerprint density at radius 2 is 2.09 bits per heavy atom. The molecule has 1 N–H and O–H groups in total. The van der Waals surface area contributed by atoms with Crippen molar-refractivity contribution in [2.24, 2.45) is 0 Å². The summed E-state index contributed by atoms with van der Waals surface area (Å²) in [5.41, 5.74) is 2.36. The van der Waals surface area contributed by atoms with Crippen molar-refractivity contribution in [1.82, 2.24) is 4.57 Å². The number of unbranched alkanes of at least 4 members (excludes halogenated alkanes) is 2. The van der Waals surface area contributed by atoms with Crippen LogP contribution >= 0.6 is 0 Å². The molecule has 0 aliphatic rings. The van der Waals surface area contributed by atoms with Crippen molar-refractivity contribution in [3.63, 3.8) is 0 Å². The molecular formula is C17H22FNO3. The number of carbonyl (C=O) groups is 1. The second-order valence-electron chi connectivity index (χ2n) is 5.50. The number of benzene rings is 1. The summed E-state index contributed by atoms with van der Waals surface area (Å²) < 4.78 is 21.1. The monoisotopic (exact) mass is 307 g/mol. The van der Waals surface area contributed by atoms with E-state index in [2.05, 4.69) is 6.92 Å². The topological polar surface area (TPSA) is 51.5 Å². The van der Waals surface area contributed by atoms with Crippen molar-refractivity contribution < 1.29 is 19.0 Å². The fraction of sp³-hybridized carbons (Fsp3) is 0.471. The number of hydrogen-bond donors (Lipinski definition) is 1. The van der Waals surface area contributed by atoms with Gasteiger partial charge < -0.3 is 14.4 Å². The van der Waals surface area contributed by atoms with Crippen LogP contribution in [0.3, 0.4) is 0 Å². The number of aromatic nitrogens is 1. The minimum atomic E-state index is -0.890. The maximum absolute atomic E-state index is 14.0. The Balaban J connectivity index is 2.59.